The van der Waals surface area contributed by atoms with E-state index in [1.54, 1.807) is 0 Å². The van der Waals surface area contributed by atoms with E-state index < -0.39 is 0 Å². The van der Waals surface area contributed by atoms with E-state index in [4.69, 9.17) is 0 Å². The van der Waals surface area contributed by atoms with Crippen molar-refractivity contribution in [2.24, 2.45) is 17.3 Å². The van der Waals surface area contributed by atoms with E-state index in [0.717, 1.165) is 18.8 Å². The third-order valence-corrected chi connectivity index (χ3v) is 3.48. The molecule has 2 heteroatoms. The monoisotopic (exact) mass is 239 g/mol. The topological polar surface area (TPSA) is 29.1 Å². The molecule has 0 aliphatic heterocycles. The van der Waals surface area contributed by atoms with Crippen molar-refractivity contribution in [3.63, 3.8) is 0 Å². The summed E-state index contributed by atoms with van der Waals surface area (Å²) in [6, 6.07) is 0. The molecule has 0 aromatic heterocycles. The van der Waals surface area contributed by atoms with Crippen LogP contribution in [0.1, 0.15) is 67.2 Å². The van der Waals surface area contributed by atoms with E-state index in [0.29, 0.717) is 5.92 Å². The number of hydrogen-bond donors (Lipinski definition) is 1. The largest absolute Gasteiger partial charge is 0.351 e. The Hall–Kier alpha value is -0.530. The second-order valence-corrected chi connectivity index (χ2v) is 7.47. The fraction of sp³-hybridized carbons (Fsp3) is 0.933. The first kappa shape index (κ1) is 14.5. The maximum atomic E-state index is 12.3. The van der Waals surface area contributed by atoms with Gasteiger partial charge in [-0.3, -0.25) is 4.79 Å². The van der Waals surface area contributed by atoms with Gasteiger partial charge in [0.05, 0.1) is 0 Å². The third-order valence-electron chi connectivity index (χ3n) is 3.48. The quantitative estimate of drug-likeness (QED) is 0.751. The summed E-state index contributed by atoms with van der Waals surface area (Å²) in [5.41, 5.74) is -0.304. The Morgan fingerprint density at radius 2 is 1.76 bits per heavy atom. The summed E-state index contributed by atoms with van der Waals surface area (Å²) in [4.78, 5) is 12.3. The van der Waals surface area contributed by atoms with Crippen LogP contribution in [0, 0.1) is 17.3 Å². The molecular weight excluding hydrogens is 210 g/mol. The van der Waals surface area contributed by atoms with Crippen LogP contribution in [0.25, 0.3) is 0 Å². The molecule has 1 aliphatic rings. The Labute approximate surface area is 107 Å². The molecule has 0 aromatic rings. The second kappa shape index (κ2) is 4.99. The van der Waals surface area contributed by atoms with Crippen LogP contribution in [0.3, 0.4) is 0 Å². The Balaban J connectivity index is 2.51. The highest BCUT2D eigenvalue weighted by atomic mass is 16.2. The molecule has 1 N–H and O–H groups in total. The maximum absolute atomic E-state index is 12.3. The van der Waals surface area contributed by atoms with Crippen molar-refractivity contribution in [3.05, 3.63) is 0 Å². The average molecular weight is 239 g/mol. The van der Waals surface area contributed by atoms with E-state index in [2.05, 4.69) is 46.9 Å². The van der Waals surface area contributed by atoms with E-state index in [-0.39, 0.29) is 16.9 Å². The van der Waals surface area contributed by atoms with Crippen molar-refractivity contribution >= 4 is 5.91 Å². The minimum absolute atomic E-state index is 0.0912. The molecule has 0 bridgehead atoms. The van der Waals surface area contributed by atoms with Gasteiger partial charge in [-0.05, 0) is 38.5 Å². The zero-order chi connectivity index (χ0) is 13.3. The van der Waals surface area contributed by atoms with Crippen molar-refractivity contribution in [3.8, 4) is 0 Å². The van der Waals surface area contributed by atoms with Crippen LogP contribution in [-0.4, -0.2) is 11.4 Å². The number of carbonyl (C=O) groups excluding carboxylic acids is 1. The fourth-order valence-electron chi connectivity index (χ4n) is 2.68. The Kier molecular flexibility index (Phi) is 4.27. The van der Waals surface area contributed by atoms with Gasteiger partial charge in [-0.2, -0.15) is 0 Å². The summed E-state index contributed by atoms with van der Waals surface area (Å²) in [5.74, 6) is 1.62. The fourth-order valence-corrected chi connectivity index (χ4v) is 2.68. The van der Waals surface area contributed by atoms with Crippen molar-refractivity contribution < 1.29 is 4.79 Å². The SMILES string of the molecule is CC(C)CC(C)(C)NC(=O)C(C)(C)CC1CC1. The second-order valence-electron chi connectivity index (χ2n) is 7.47. The van der Waals surface area contributed by atoms with Crippen LogP contribution in [0.4, 0.5) is 0 Å². The van der Waals surface area contributed by atoms with Gasteiger partial charge in [0.15, 0.2) is 0 Å². The van der Waals surface area contributed by atoms with Gasteiger partial charge in [-0.1, -0.05) is 40.5 Å². The first-order chi connectivity index (χ1) is 7.62. The van der Waals surface area contributed by atoms with Gasteiger partial charge in [-0.15, -0.1) is 0 Å². The lowest BCUT2D eigenvalue weighted by Crippen LogP contribution is -2.49. The normalized spacial score (nSPS) is 17.4. The molecule has 1 rings (SSSR count). The van der Waals surface area contributed by atoms with Crippen molar-refractivity contribution in [1.82, 2.24) is 5.32 Å². The summed E-state index contributed by atoms with van der Waals surface area (Å²) in [6.45, 7) is 12.8. The highest BCUT2D eigenvalue weighted by Crippen LogP contribution is 2.40. The van der Waals surface area contributed by atoms with Crippen molar-refractivity contribution in [2.75, 3.05) is 0 Å². The predicted molar refractivity (Wildman–Crippen MR) is 72.8 cm³/mol. The van der Waals surface area contributed by atoms with Gasteiger partial charge in [-0.25, -0.2) is 0 Å². The van der Waals surface area contributed by atoms with Gasteiger partial charge >= 0.3 is 0 Å². The molecule has 0 unspecified atom stereocenters. The number of nitrogens with one attached hydrogen (secondary N) is 1. The van der Waals surface area contributed by atoms with E-state index >= 15 is 0 Å². The molecule has 0 spiro atoms. The lowest BCUT2D eigenvalue weighted by atomic mass is 9.84. The van der Waals surface area contributed by atoms with Crippen LogP contribution < -0.4 is 5.32 Å². The van der Waals surface area contributed by atoms with E-state index in [1.165, 1.54) is 12.8 Å². The first-order valence-corrected chi connectivity index (χ1v) is 6.95. The Morgan fingerprint density at radius 3 is 2.18 bits per heavy atom. The molecule has 1 fully saturated rings. The maximum Gasteiger partial charge on any atom is 0.226 e. The van der Waals surface area contributed by atoms with Gasteiger partial charge in [0, 0.05) is 11.0 Å². The molecule has 1 amide bonds. The van der Waals surface area contributed by atoms with Gasteiger partial charge in [0.25, 0.3) is 0 Å². The molecule has 0 atom stereocenters. The summed E-state index contributed by atoms with van der Waals surface area (Å²) < 4.78 is 0. The molecule has 0 heterocycles. The molecule has 0 aromatic carbocycles. The number of amides is 1. The molecular formula is C15H29NO. The van der Waals surface area contributed by atoms with Crippen LogP contribution in [-0.2, 0) is 4.79 Å². The summed E-state index contributed by atoms with van der Waals surface area (Å²) in [6.07, 6.45) is 4.69. The number of rotatable bonds is 6. The molecule has 17 heavy (non-hydrogen) atoms. The average Bonchev–Trinajstić information content (AvgIpc) is 2.83. The van der Waals surface area contributed by atoms with Crippen LogP contribution in [0.2, 0.25) is 0 Å². The Morgan fingerprint density at radius 1 is 1.24 bits per heavy atom. The minimum Gasteiger partial charge on any atom is -0.351 e. The van der Waals surface area contributed by atoms with E-state index in [1.807, 2.05) is 0 Å². The van der Waals surface area contributed by atoms with Gasteiger partial charge in [0.1, 0.15) is 0 Å². The van der Waals surface area contributed by atoms with Crippen LogP contribution >= 0.6 is 0 Å². The van der Waals surface area contributed by atoms with Crippen LogP contribution in [0.5, 0.6) is 0 Å². The Bertz CT molecular complexity index is 275. The molecule has 0 radical (unpaired) electrons. The molecule has 2 nitrogen and oxygen atoms in total. The molecule has 1 aliphatic carbocycles. The van der Waals surface area contributed by atoms with Crippen LogP contribution in [0.15, 0.2) is 0 Å². The summed E-state index contributed by atoms with van der Waals surface area (Å²) in [5, 5.41) is 3.22. The van der Waals surface area contributed by atoms with Gasteiger partial charge in [0.2, 0.25) is 5.91 Å². The lowest BCUT2D eigenvalue weighted by molar-refractivity contribution is -0.131. The van der Waals surface area contributed by atoms with Gasteiger partial charge < -0.3 is 5.32 Å². The highest BCUT2D eigenvalue weighted by Gasteiger charge is 2.37. The minimum atomic E-state index is -0.213. The summed E-state index contributed by atoms with van der Waals surface area (Å²) >= 11 is 0. The lowest BCUT2D eigenvalue weighted by Gasteiger charge is -2.33. The first-order valence-electron chi connectivity index (χ1n) is 6.95. The molecule has 0 saturated heterocycles. The standard InChI is InChI=1S/C15H29NO/c1-11(2)9-15(5,6)16-13(17)14(3,4)10-12-7-8-12/h11-12H,7-10H2,1-6H3,(H,16,17). The molecule has 100 valence electrons. The van der Waals surface area contributed by atoms with Crippen molar-refractivity contribution in [2.45, 2.75) is 72.8 Å². The zero-order valence-corrected chi connectivity index (χ0v) is 12.4. The smallest absolute Gasteiger partial charge is 0.226 e. The van der Waals surface area contributed by atoms with E-state index in [9.17, 15) is 4.79 Å². The highest BCUT2D eigenvalue weighted by molar-refractivity contribution is 5.82. The number of carbonyl (C=O) groups is 1. The third kappa shape index (κ3) is 5.10. The zero-order valence-electron chi connectivity index (χ0n) is 12.4. The predicted octanol–water partition coefficient (Wildman–Crippen LogP) is 3.75. The van der Waals surface area contributed by atoms with Crippen molar-refractivity contribution in [1.29, 1.82) is 0 Å². The summed E-state index contributed by atoms with van der Waals surface area (Å²) in [7, 11) is 0. The number of hydrogen-bond acceptors (Lipinski definition) is 1. The molecule has 1 saturated carbocycles.